The molecule has 2 atom stereocenters. The first kappa shape index (κ1) is 14.5. The van der Waals surface area contributed by atoms with Crippen molar-refractivity contribution in [1.82, 2.24) is 9.62 Å². The molecule has 0 aromatic heterocycles. The van der Waals surface area contributed by atoms with Gasteiger partial charge in [-0.25, -0.2) is 4.79 Å². The van der Waals surface area contributed by atoms with E-state index in [1.807, 2.05) is 6.07 Å². The lowest BCUT2D eigenvalue weighted by Crippen LogP contribution is -2.39. The third kappa shape index (κ3) is 2.68. The van der Waals surface area contributed by atoms with E-state index < -0.39 is 23.1 Å². The van der Waals surface area contributed by atoms with Gasteiger partial charge in [0, 0.05) is 18.0 Å². The molecule has 110 valence electrons. The minimum atomic E-state index is -1.48. The summed E-state index contributed by atoms with van der Waals surface area (Å²) in [6.07, 6.45) is 0.180. The number of carbonyl (C=O) groups is 1. The molecule has 3 rings (SSSR count). The number of nitriles is 1. The molecule has 0 aliphatic carbocycles. The molecular weight excluding hydrogens is 314 g/mol. The Morgan fingerprint density at radius 1 is 1.57 bits per heavy atom. The van der Waals surface area contributed by atoms with Crippen LogP contribution in [0.2, 0.25) is 5.02 Å². The van der Waals surface area contributed by atoms with Crippen molar-refractivity contribution in [1.29, 1.82) is 5.26 Å². The molecule has 1 N–H and O–H groups in total. The van der Waals surface area contributed by atoms with Crippen LogP contribution in [0.5, 0.6) is 0 Å². The highest BCUT2D eigenvalue weighted by Gasteiger charge is 2.50. The summed E-state index contributed by atoms with van der Waals surface area (Å²) in [6, 6.07) is 6.71. The van der Waals surface area contributed by atoms with Gasteiger partial charge in [0.2, 0.25) is 0 Å². The van der Waals surface area contributed by atoms with Crippen molar-refractivity contribution in [3.8, 4) is 6.07 Å². The normalized spacial score (nSPS) is 26.4. The summed E-state index contributed by atoms with van der Waals surface area (Å²) in [6.45, 7) is 1.34. The van der Waals surface area contributed by atoms with Gasteiger partial charge in [-0.15, -0.1) is 4.31 Å². The predicted molar refractivity (Wildman–Crippen MR) is 76.0 cm³/mol. The van der Waals surface area contributed by atoms with Gasteiger partial charge in [0.1, 0.15) is 17.2 Å². The Hall–Kier alpha value is -1.46. The SMILES string of the molecule is N#Cc1cc(Cl)ccc1[S+]([O-])N1CC[C@@]2(CNC(=O)O2)C1. The number of ether oxygens (including phenoxy) is 1. The number of nitrogens with one attached hydrogen (secondary N) is 1. The molecule has 2 heterocycles. The third-order valence-corrected chi connectivity index (χ3v) is 5.38. The van der Waals surface area contributed by atoms with Gasteiger partial charge in [0.05, 0.1) is 24.5 Å². The topological polar surface area (TPSA) is 88.4 Å². The lowest BCUT2D eigenvalue weighted by atomic mass is 10.1. The first-order valence-corrected chi connectivity index (χ1v) is 7.85. The summed E-state index contributed by atoms with van der Waals surface area (Å²) in [5.41, 5.74) is -0.310. The second-order valence-electron chi connectivity index (χ2n) is 5.04. The van der Waals surface area contributed by atoms with Gasteiger partial charge in [-0.1, -0.05) is 11.6 Å². The van der Waals surface area contributed by atoms with Crippen LogP contribution in [0.3, 0.4) is 0 Å². The van der Waals surface area contributed by atoms with E-state index >= 15 is 0 Å². The lowest BCUT2D eigenvalue weighted by molar-refractivity contribution is 0.0690. The molecule has 21 heavy (non-hydrogen) atoms. The maximum absolute atomic E-state index is 12.6. The van der Waals surface area contributed by atoms with Crippen LogP contribution >= 0.6 is 11.6 Å². The van der Waals surface area contributed by atoms with Crippen molar-refractivity contribution in [2.45, 2.75) is 16.9 Å². The Morgan fingerprint density at radius 3 is 3.05 bits per heavy atom. The lowest BCUT2D eigenvalue weighted by Gasteiger charge is -2.22. The molecule has 2 aliphatic heterocycles. The minimum absolute atomic E-state index is 0.295. The zero-order chi connectivity index (χ0) is 15.0. The van der Waals surface area contributed by atoms with Gasteiger partial charge in [-0.05, 0) is 18.2 Å². The summed E-state index contributed by atoms with van der Waals surface area (Å²) in [5, 5.41) is 12.2. The Balaban J connectivity index is 1.79. The van der Waals surface area contributed by atoms with Crippen molar-refractivity contribution in [3.05, 3.63) is 28.8 Å². The van der Waals surface area contributed by atoms with Crippen LogP contribution in [-0.2, 0) is 16.1 Å². The fraction of sp³-hybridized carbons (Fsp3) is 0.385. The van der Waals surface area contributed by atoms with Crippen LogP contribution in [0.4, 0.5) is 4.79 Å². The zero-order valence-corrected chi connectivity index (χ0v) is 12.5. The minimum Gasteiger partial charge on any atom is -0.593 e. The van der Waals surface area contributed by atoms with Gasteiger partial charge < -0.3 is 14.6 Å². The second kappa shape index (κ2) is 5.39. The first-order valence-electron chi connectivity index (χ1n) is 6.36. The van der Waals surface area contributed by atoms with Crippen molar-refractivity contribution < 1.29 is 14.1 Å². The van der Waals surface area contributed by atoms with E-state index in [1.54, 1.807) is 16.4 Å². The molecule has 1 unspecified atom stereocenters. The summed E-state index contributed by atoms with van der Waals surface area (Å²) >= 11 is 4.37. The van der Waals surface area contributed by atoms with Crippen LogP contribution in [0.15, 0.2) is 23.1 Å². The van der Waals surface area contributed by atoms with Crippen LogP contribution in [0.25, 0.3) is 0 Å². The second-order valence-corrected chi connectivity index (χ2v) is 6.93. The maximum atomic E-state index is 12.6. The Labute approximate surface area is 129 Å². The van der Waals surface area contributed by atoms with Crippen molar-refractivity contribution >= 4 is 29.1 Å². The summed E-state index contributed by atoms with van der Waals surface area (Å²) in [5.74, 6) is 0. The van der Waals surface area contributed by atoms with E-state index in [2.05, 4.69) is 5.32 Å². The average molecular weight is 326 g/mol. The molecule has 8 heteroatoms. The molecule has 0 saturated carbocycles. The van der Waals surface area contributed by atoms with E-state index in [-0.39, 0.29) is 0 Å². The Morgan fingerprint density at radius 2 is 2.38 bits per heavy atom. The van der Waals surface area contributed by atoms with Gasteiger partial charge in [0.15, 0.2) is 4.90 Å². The largest absolute Gasteiger partial charge is 0.593 e. The van der Waals surface area contributed by atoms with E-state index in [0.717, 1.165) is 0 Å². The summed E-state index contributed by atoms with van der Waals surface area (Å²) in [7, 11) is 0. The van der Waals surface area contributed by atoms with Crippen molar-refractivity contribution in [2.24, 2.45) is 0 Å². The highest BCUT2D eigenvalue weighted by atomic mass is 35.5. The zero-order valence-electron chi connectivity index (χ0n) is 11.0. The number of rotatable bonds is 2. The van der Waals surface area contributed by atoms with Crippen LogP contribution in [-0.4, -0.2) is 40.2 Å². The molecule has 6 nitrogen and oxygen atoms in total. The van der Waals surface area contributed by atoms with Gasteiger partial charge >= 0.3 is 6.09 Å². The third-order valence-electron chi connectivity index (χ3n) is 3.63. The van der Waals surface area contributed by atoms with Crippen LogP contribution in [0.1, 0.15) is 12.0 Å². The number of carbonyl (C=O) groups excluding carboxylic acids is 1. The number of alkyl carbamates (subject to hydrolysis) is 1. The maximum Gasteiger partial charge on any atom is 0.407 e. The van der Waals surface area contributed by atoms with Gasteiger partial charge in [-0.2, -0.15) is 5.26 Å². The van der Waals surface area contributed by atoms with Crippen molar-refractivity contribution in [3.63, 3.8) is 0 Å². The molecule has 1 aromatic carbocycles. The number of hydrogen-bond acceptors (Lipinski definition) is 5. The fourth-order valence-corrected chi connectivity index (χ4v) is 4.10. The molecule has 1 aromatic rings. The molecule has 2 saturated heterocycles. The van der Waals surface area contributed by atoms with Gasteiger partial charge in [0.25, 0.3) is 0 Å². The first-order chi connectivity index (χ1) is 10.0. The summed E-state index contributed by atoms with van der Waals surface area (Å²) in [4.78, 5) is 11.6. The molecule has 1 spiro atoms. The quantitative estimate of drug-likeness (QED) is 0.831. The van der Waals surface area contributed by atoms with Gasteiger partial charge in [-0.3, -0.25) is 0 Å². The Bertz CT molecular complexity index is 636. The van der Waals surface area contributed by atoms with Crippen LogP contribution in [0, 0.1) is 11.3 Å². The number of hydrogen-bond donors (Lipinski definition) is 1. The number of amides is 1. The molecule has 2 aliphatic rings. The number of halogens is 1. The number of nitrogens with zero attached hydrogens (tertiary/aromatic N) is 2. The molecule has 0 bridgehead atoms. The highest BCUT2D eigenvalue weighted by molar-refractivity contribution is 7.89. The highest BCUT2D eigenvalue weighted by Crippen LogP contribution is 2.33. The van der Waals surface area contributed by atoms with E-state index in [4.69, 9.17) is 21.6 Å². The fourth-order valence-electron chi connectivity index (χ4n) is 2.56. The Kier molecular flexibility index (Phi) is 3.71. The van der Waals surface area contributed by atoms with E-state index in [1.165, 1.54) is 6.07 Å². The van der Waals surface area contributed by atoms with Crippen molar-refractivity contribution in [2.75, 3.05) is 19.6 Å². The average Bonchev–Trinajstić information content (AvgIpc) is 3.05. The molecular formula is C13H12ClN3O3S. The van der Waals surface area contributed by atoms with E-state index in [0.29, 0.717) is 41.5 Å². The summed E-state index contributed by atoms with van der Waals surface area (Å²) < 4.78 is 19.6. The predicted octanol–water partition coefficient (Wildman–Crippen LogP) is 1.42. The molecule has 0 radical (unpaired) electrons. The van der Waals surface area contributed by atoms with E-state index in [9.17, 15) is 9.35 Å². The monoisotopic (exact) mass is 325 g/mol. The number of benzene rings is 1. The molecule has 2 fully saturated rings. The van der Waals surface area contributed by atoms with Crippen LogP contribution < -0.4 is 5.32 Å². The molecule has 1 amide bonds. The standard InChI is InChI=1S/C13H12ClN3O3S/c14-10-1-2-11(9(5-10)6-15)21(19)17-4-3-13(8-17)7-16-12(18)20-13/h1-2,5H,3-4,7-8H2,(H,16,18)/t13-,21?/m1/s1. The smallest absolute Gasteiger partial charge is 0.407 e.